The predicted molar refractivity (Wildman–Crippen MR) is 170 cm³/mol. The maximum atomic E-state index is 11.8. The minimum atomic E-state index is -1.12. The van der Waals surface area contributed by atoms with Crippen LogP contribution in [0.5, 0.6) is 5.75 Å². The first kappa shape index (κ1) is 28.2. The normalized spacial score (nSPS) is 11.4. The van der Waals surface area contributed by atoms with Gasteiger partial charge in [-0.05, 0) is 78.9 Å². The van der Waals surface area contributed by atoms with Gasteiger partial charge >= 0.3 is 23.9 Å². The molecule has 5 aromatic carbocycles. The van der Waals surface area contributed by atoms with Crippen LogP contribution < -0.4 is 4.74 Å². The monoisotopic (exact) mass is 614 g/mol. The van der Waals surface area contributed by atoms with E-state index in [0.717, 1.165) is 0 Å². The first-order valence-corrected chi connectivity index (χ1v) is 13.8. The molecule has 11 nitrogen and oxygen atoms in total. The number of aromatic nitrogens is 2. The zero-order chi connectivity index (χ0) is 32.4. The Morgan fingerprint density at radius 3 is 0.978 bits per heavy atom. The van der Waals surface area contributed by atoms with Crippen LogP contribution >= 0.6 is 0 Å². The summed E-state index contributed by atoms with van der Waals surface area (Å²) in [4.78, 5) is 47.4. The molecule has 0 radical (unpaired) electrons. The number of carboxylic acid groups (broad SMARTS) is 4. The molecule has 226 valence electrons. The quantitative estimate of drug-likeness (QED) is 0.153. The van der Waals surface area contributed by atoms with Crippen molar-refractivity contribution in [1.29, 1.82) is 0 Å². The average molecular weight is 615 g/mol. The van der Waals surface area contributed by atoms with Gasteiger partial charge in [-0.3, -0.25) is 0 Å². The highest BCUT2D eigenvalue weighted by Crippen LogP contribution is 2.38. The lowest BCUT2D eigenvalue weighted by atomic mass is 10.1. The molecule has 0 spiro atoms. The number of ether oxygens (including phenoxy) is 1. The maximum Gasteiger partial charge on any atom is 0.335 e. The number of benzene rings is 5. The van der Waals surface area contributed by atoms with E-state index in [1.54, 1.807) is 36.4 Å². The van der Waals surface area contributed by atoms with Crippen LogP contribution in [0.1, 0.15) is 41.4 Å². The Labute approximate surface area is 258 Å². The Kier molecular flexibility index (Phi) is 6.27. The number of hydrogen-bond donors (Lipinski definition) is 4. The van der Waals surface area contributed by atoms with Crippen molar-refractivity contribution >= 4 is 67.5 Å². The first-order valence-electron chi connectivity index (χ1n) is 13.8. The van der Waals surface area contributed by atoms with Crippen molar-refractivity contribution in [3.05, 3.63) is 113 Å². The molecule has 4 N–H and O–H groups in total. The van der Waals surface area contributed by atoms with Crippen LogP contribution in [0.4, 0.5) is 0 Å². The minimum absolute atomic E-state index is 0.0466. The summed E-state index contributed by atoms with van der Waals surface area (Å²) < 4.78 is 9.47. The second-order valence-corrected chi connectivity index (χ2v) is 10.7. The number of hydrogen-bond acceptors (Lipinski definition) is 5. The van der Waals surface area contributed by atoms with E-state index in [0.29, 0.717) is 60.7 Å². The third kappa shape index (κ3) is 4.29. The zero-order valence-electron chi connectivity index (χ0n) is 23.9. The van der Waals surface area contributed by atoms with Crippen LogP contribution in [0.3, 0.4) is 0 Å². The van der Waals surface area contributed by atoms with Crippen LogP contribution in [-0.2, 0) is 0 Å². The Bertz CT molecular complexity index is 2180. The zero-order valence-corrected chi connectivity index (χ0v) is 23.9. The van der Waals surface area contributed by atoms with Crippen LogP contribution in [0.15, 0.2) is 91.0 Å². The molecule has 0 aliphatic heterocycles. The van der Waals surface area contributed by atoms with Gasteiger partial charge in [0, 0.05) is 33.7 Å². The van der Waals surface area contributed by atoms with Gasteiger partial charge in [0.1, 0.15) is 5.75 Å². The van der Waals surface area contributed by atoms with Crippen LogP contribution in [0.2, 0.25) is 0 Å². The van der Waals surface area contributed by atoms with E-state index in [4.69, 9.17) is 4.74 Å². The van der Waals surface area contributed by atoms with E-state index < -0.39 is 23.9 Å². The van der Waals surface area contributed by atoms with Crippen LogP contribution in [0.25, 0.3) is 55.0 Å². The molecule has 0 bridgehead atoms. The number of methoxy groups -OCH3 is 1. The highest BCUT2D eigenvalue weighted by molar-refractivity contribution is 6.14. The Morgan fingerprint density at radius 1 is 0.457 bits per heavy atom. The van der Waals surface area contributed by atoms with Gasteiger partial charge in [-0.25, -0.2) is 19.2 Å². The summed E-state index contributed by atoms with van der Waals surface area (Å²) in [6.45, 7) is 0. The molecule has 7 aromatic rings. The van der Waals surface area contributed by atoms with Crippen molar-refractivity contribution in [3.63, 3.8) is 0 Å². The molecule has 0 saturated heterocycles. The smallest absolute Gasteiger partial charge is 0.335 e. The van der Waals surface area contributed by atoms with E-state index in [2.05, 4.69) is 0 Å². The van der Waals surface area contributed by atoms with Crippen molar-refractivity contribution in [2.45, 2.75) is 0 Å². The fourth-order valence-corrected chi connectivity index (χ4v) is 6.08. The van der Waals surface area contributed by atoms with Crippen molar-refractivity contribution in [3.8, 4) is 17.1 Å². The summed E-state index contributed by atoms with van der Waals surface area (Å²) in [6, 6.07) is 24.1. The molecule has 0 saturated carbocycles. The van der Waals surface area contributed by atoms with E-state index in [9.17, 15) is 39.6 Å². The van der Waals surface area contributed by atoms with Crippen LogP contribution in [0, 0.1) is 0 Å². The molecular weight excluding hydrogens is 592 g/mol. The molecule has 0 aliphatic rings. The molecule has 0 atom stereocenters. The van der Waals surface area contributed by atoms with Gasteiger partial charge in [-0.1, -0.05) is 0 Å². The second-order valence-electron chi connectivity index (χ2n) is 10.7. The van der Waals surface area contributed by atoms with Crippen LogP contribution in [-0.4, -0.2) is 60.5 Å². The van der Waals surface area contributed by atoms with Gasteiger partial charge in [-0.2, -0.15) is 0 Å². The number of aromatic carboxylic acids is 4. The molecule has 0 unspecified atom stereocenters. The molecule has 46 heavy (non-hydrogen) atoms. The number of nitrogens with zero attached hydrogens (tertiary/aromatic N) is 2. The number of fused-ring (bicyclic) bond motifs is 6. The van der Waals surface area contributed by atoms with Gasteiger partial charge in [0.15, 0.2) is 0 Å². The SMILES string of the molecule is COc1cc(-n2c3ccc(C(=O)O)cc3c3cc(C(=O)O)ccc32)cc(-n2c3ccc(C(=O)O)cc3c3cc(C(=O)O)ccc32)c1. The van der Waals surface area contributed by atoms with E-state index >= 15 is 0 Å². The second kappa shape index (κ2) is 10.2. The fourth-order valence-electron chi connectivity index (χ4n) is 6.08. The third-order valence-corrected chi connectivity index (χ3v) is 8.15. The summed E-state index contributed by atoms with van der Waals surface area (Å²) >= 11 is 0. The summed E-state index contributed by atoms with van der Waals surface area (Å²) in [7, 11) is 1.51. The van der Waals surface area contributed by atoms with E-state index in [-0.39, 0.29) is 22.3 Å². The van der Waals surface area contributed by atoms with Crippen molar-refractivity contribution in [1.82, 2.24) is 9.13 Å². The summed E-state index contributed by atoms with van der Waals surface area (Å²) in [6.07, 6.45) is 0. The largest absolute Gasteiger partial charge is 0.497 e. The lowest BCUT2D eigenvalue weighted by molar-refractivity contribution is 0.0686. The average Bonchev–Trinajstić information content (AvgIpc) is 3.55. The number of rotatable bonds is 7. The van der Waals surface area contributed by atoms with Crippen molar-refractivity contribution < 1.29 is 44.3 Å². The molecule has 0 fully saturated rings. The van der Waals surface area contributed by atoms with Gasteiger partial charge in [0.2, 0.25) is 0 Å². The highest BCUT2D eigenvalue weighted by atomic mass is 16.5. The predicted octanol–water partition coefficient (Wildman–Crippen LogP) is 6.68. The molecular formula is C35H22N2O9. The van der Waals surface area contributed by atoms with Gasteiger partial charge in [0.25, 0.3) is 0 Å². The maximum absolute atomic E-state index is 11.8. The number of carboxylic acids is 4. The van der Waals surface area contributed by atoms with E-state index in [1.165, 1.54) is 55.6 Å². The standard InChI is InChI=1S/C35H22N2O9/c1-46-23-15-21(36-28-6-2-17(32(38)39)10-24(28)25-11-18(33(40)41)3-7-29(25)36)14-22(16-23)37-30-8-4-19(34(42)43)12-26(30)27-13-20(35(44)45)5-9-31(27)37/h2-16H,1H3,(H,38,39)(H,40,41)(H,42,43)(H,44,45). The topological polar surface area (TPSA) is 168 Å². The summed E-state index contributed by atoms with van der Waals surface area (Å²) in [5, 5.41) is 40.9. The van der Waals surface area contributed by atoms with Crippen molar-refractivity contribution in [2.24, 2.45) is 0 Å². The first-order chi connectivity index (χ1) is 22.0. The number of carbonyl (C=O) groups is 4. The van der Waals surface area contributed by atoms with Gasteiger partial charge in [0.05, 0.1) is 62.8 Å². The molecule has 2 aromatic heterocycles. The van der Waals surface area contributed by atoms with Gasteiger partial charge < -0.3 is 34.3 Å². The summed E-state index contributed by atoms with van der Waals surface area (Å²) in [5.74, 6) is -4.02. The van der Waals surface area contributed by atoms with E-state index in [1.807, 2.05) is 15.2 Å². The molecule has 11 heteroatoms. The Morgan fingerprint density at radius 2 is 0.739 bits per heavy atom. The lowest BCUT2D eigenvalue weighted by Crippen LogP contribution is -2.01. The Balaban J connectivity index is 1.56. The molecule has 0 amide bonds. The minimum Gasteiger partial charge on any atom is -0.497 e. The molecule has 2 heterocycles. The molecule has 0 aliphatic carbocycles. The summed E-state index contributed by atoms with van der Waals surface area (Å²) in [5.41, 5.74) is 3.91. The van der Waals surface area contributed by atoms with Crippen molar-refractivity contribution in [2.75, 3.05) is 7.11 Å². The highest BCUT2D eigenvalue weighted by Gasteiger charge is 2.20. The third-order valence-electron chi connectivity index (χ3n) is 8.15. The lowest BCUT2D eigenvalue weighted by Gasteiger charge is -2.15. The molecule has 7 rings (SSSR count). The fraction of sp³-hybridized carbons (Fsp3) is 0.0286. The van der Waals surface area contributed by atoms with Gasteiger partial charge in [-0.15, -0.1) is 0 Å². The Hall–Kier alpha value is -6.62.